The molecule has 2 aromatic carbocycles. The second-order valence-corrected chi connectivity index (χ2v) is 9.69. The minimum atomic E-state index is -1.75. The number of hydrogen-bond donors (Lipinski definition) is 0. The average molecular weight is 870 g/mol. The molecule has 2 aromatic heterocycles. The molecule has 0 N–H and O–H groups in total. The summed E-state index contributed by atoms with van der Waals surface area (Å²) < 4.78 is 9.89. The van der Waals surface area contributed by atoms with Crippen LogP contribution in [0.25, 0.3) is 11.5 Å². The maximum Gasteiger partial charge on any atom is 2.00 e. The molecule has 0 saturated heterocycles. The van der Waals surface area contributed by atoms with Crippen LogP contribution in [-0.2, 0) is 66.3 Å². The van der Waals surface area contributed by atoms with Crippen molar-refractivity contribution in [1.29, 1.82) is 0 Å². The third-order valence-electron chi connectivity index (χ3n) is 5.95. The zero-order valence-electron chi connectivity index (χ0n) is 29.6. The summed E-state index contributed by atoms with van der Waals surface area (Å²) in [5.74, 6) is -2.17. The zero-order chi connectivity index (χ0) is 40.1. The summed E-state index contributed by atoms with van der Waals surface area (Å²) in [5.41, 5.74) is 2.15. The number of aliphatic imine (C=N–C) groups is 2. The summed E-state index contributed by atoms with van der Waals surface area (Å²) >= 11 is 0. The van der Waals surface area contributed by atoms with Crippen LogP contribution in [0.4, 0.5) is 0 Å². The summed E-state index contributed by atoms with van der Waals surface area (Å²) in [7, 11) is 0. The van der Waals surface area contributed by atoms with Crippen molar-refractivity contribution in [3.05, 3.63) is 174 Å². The van der Waals surface area contributed by atoms with Gasteiger partial charge in [-0.2, -0.15) is 0 Å². The Morgan fingerprint density at radius 1 is 0.589 bits per heavy atom. The van der Waals surface area contributed by atoms with Crippen LogP contribution < -0.4 is 10.2 Å². The molecule has 20 heteroatoms. The molecule has 0 bridgehead atoms. The van der Waals surface area contributed by atoms with Crippen molar-refractivity contribution in [2.45, 2.75) is 26.9 Å². The number of rotatable bonds is 12. The van der Waals surface area contributed by atoms with Crippen molar-refractivity contribution < 1.29 is 73.6 Å². The van der Waals surface area contributed by atoms with Crippen molar-refractivity contribution in [2.75, 3.05) is 13.2 Å². The second-order valence-electron chi connectivity index (χ2n) is 9.69. The molecule has 0 unspecified atom stereocenters. The minimum absolute atomic E-state index is 0. The van der Waals surface area contributed by atoms with Crippen LogP contribution in [-0.4, -0.2) is 57.7 Å². The first-order valence-electron chi connectivity index (χ1n) is 15.6. The van der Waals surface area contributed by atoms with E-state index in [9.17, 15) is 19.8 Å². The number of pyridine rings is 2. The van der Waals surface area contributed by atoms with Gasteiger partial charge in [-0.05, 0) is 49.2 Å². The van der Waals surface area contributed by atoms with E-state index in [0.717, 1.165) is 11.4 Å². The molecular formula is C36H34Cu2N6O12. The third kappa shape index (κ3) is 22.6. The summed E-state index contributed by atoms with van der Waals surface area (Å²) in [6.07, 6.45) is 5.86. The van der Waals surface area contributed by atoms with E-state index in [4.69, 9.17) is 40.1 Å². The van der Waals surface area contributed by atoms with Crippen LogP contribution in [0.2, 0.25) is 0 Å². The standard InChI is InChI=1S/2C18H18N2O3.2Cu.2NO3/c2*1-2-23-18(22)16(17(21)14-8-4-3-5-9-14)13-19-12-15-10-6-7-11-20-15;;;2*2-1(3)4/h2*3-11,13,21H,2,12H2,1H3;;;;/q;;2*+2;2*-1/p-2/b2*17-16+,19-13?;;;;. The molecule has 18 nitrogen and oxygen atoms in total. The Hall–Kier alpha value is -6.46. The summed E-state index contributed by atoms with van der Waals surface area (Å²) in [6.45, 7) is 4.33. The molecule has 0 atom stereocenters. The van der Waals surface area contributed by atoms with Crippen LogP contribution in [0.1, 0.15) is 36.4 Å². The van der Waals surface area contributed by atoms with E-state index in [2.05, 4.69) is 20.0 Å². The smallest absolute Gasteiger partial charge is 0.871 e. The fourth-order valence-electron chi connectivity index (χ4n) is 3.76. The fourth-order valence-corrected chi connectivity index (χ4v) is 3.76. The molecule has 0 aliphatic rings. The van der Waals surface area contributed by atoms with Gasteiger partial charge < -0.3 is 50.3 Å². The van der Waals surface area contributed by atoms with Crippen molar-refractivity contribution in [1.82, 2.24) is 9.97 Å². The van der Waals surface area contributed by atoms with E-state index >= 15 is 0 Å². The summed E-state index contributed by atoms with van der Waals surface area (Å²) in [6, 6.07) is 28.1. The van der Waals surface area contributed by atoms with Crippen LogP contribution >= 0.6 is 0 Å². The Labute approximate surface area is 342 Å². The molecule has 4 rings (SSSR count). The first-order valence-corrected chi connectivity index (χ1v) is 15.6. The van der Waals surface area contributed by atoms with Crippen molar-refractivity contribution >= 4 is 35.9 Å². The monoisotopic (exact) mass is 868 g/mol. The van der Waals surface area contributed by atoms with Gasteiger partial charge in [0.25, 0.3) is 0 Å². The number of aromatic nitrogens is 2. The molecule has 0 saturated carbocycles. The molecule has 2 radical (unpaired) electrons. The van der Waals surface area contributed by atoms with Gasteiger partial charge in [-0.1, -0.05) is 84.3 Å². The van der Waals surface area contributed by atoms with E-state index in [1.54, 1.807) is 86.9 Å². The first kappa shape index (κ1) is 51.6. The van der Waals surface area contributed by atoms with Gasteiger partial charge >= 0.3 is 46.1 Å². The topological polar surface area (TPSA) is 282 Å². The van der Waals surface area contributed by atoms with E-state index in [-0.39, 0.29) is 71.6 Å². The normalized spacial score (nSPS) is 10.8. The number of hydrogen-bond acceptors (Lipinski definition) is 16. The Morgan fingerprint density at radius 3 is 1.16 bits per heavy atom. The van der Waals surface area contributed by atoms with Gasteiger partial charge in [0, 0.05) is 24.8 Å². The van der Waals surface area contributed by atoms with E-state index in [0.29, 0.717) is 11.1 Å². The molecule has 0 aliphatic heterocycles. The Balaban J connectivity index is 0. The predicted molar refractivity (Wildman–Crippen MR) is 194 cm³/mol. The van der Waals surface area contributed by atoms with Gasteiger partial charge in [0.15, 0.2) is 0 Å². The van der Waals surface area contributed by atoms with Crippen LogP contribution in [0.3, 0.4) is 0 Å². The quantitative estimate of drug-likeness (QED) is 0.0375. The predicted octanol–water partition coefficient (Wildman–Crippen LogP) is 3.49. The van der Waals surface area contributed by atoms with Gasteiger partial charge in [0.1, 0.15) is 0 Å². The molecule has 56 heavy (non-hydrogen) atoms. The van der Waals surface area contributed by atoms with Crippen molar-refractivity contribution in [2.24, 2.45) is 9.98 Å². The SMILES string of the molecule is CCOC(=O)/C(C=NCc1ccccn1)=C(/[O-])c1ccccc1.CCOC(=O)/C(C=NCc1ccccn1)=C(/[O-])c1ccccc1.O=[N+]([O-])[O-].O=[N+]([O-])[O-].[Cu+2].[Cu+2]. The molecule has 4 aromatic rings. The number of esters is 2. The number of carbonyl (C=O) groups is 2. The number of nitrogens with zero attached hydrogens (tertiary/aromatic N) is 6. The van der Waals surface area contributed by atoms with Crippen LogP contribution in [0.5, 0.6) is 0 Å². The van der Waals surface area contributed by atoms with Gasteiger partial charge in [0.2, 0.25) is 0 Å². The van der Waals surface area contributed by atoms with Gasteiger partial charge in [-0.25, -0.2) is 9.59 Å². The van der Waals surface area contributed by atoms with Crippen molar-refractivity contribution in [3.8, 4) is 0 Å². The Bertz CT molecular complexity index is 1720. The van der Waals surface area contributed by atoms with E-state index in [1.807, 2.05) is 36.4 Å². The van der Waals surface area contributed by atoms with Gasteiger partial charge in [-0.3, -0.25) is 20.0 Å². The molecule has 2 heterocycles. The minimum Gasteiger partial charge on any atom is -0.871 e. The molecule has 0 spiro atoms. The van der Waals surface area contributed by atoms with Crippen LogP contribution in [0, 0.1) is 30.6 Å². The number of ether oxygens (including phenoxy) is 2. The van der Waals surface area contributed by atoms with E-state index < -0.39 is 33.6 Å². The molecule has 0 amide bonds. The largest absolute Gasteiger partial charge is 2.00 e. The fraction of sp³-hybridized carbons (Fsp3) is 0.167. The van der Waals surface area contributed by atoms with Gasteiger partial charge in [-0.15, -0.1) is 0 Å². The first-order chi connectivity index (χ1) is 25.9. The van der Waals surface area contributed by atoms with Gasteiger partial charge in [0.05, 0.1) is 59.0 Å². The molecule has 0 fully saturated rings. The molecular weight excluding hydrogens is 836 g/mol. The Kier molecular flexibility index (Phi) is 28.5. The summed E-state index contributed by atoms with van der Waals surface area (Å²) in [4.78, 5) is 57.1. The summed E-state index contributed by atoms with van der Waals surface area (Å²) in [5, 5.41) is 54.4. The number of benzene rings is 2. The maximum absolute atomic E-state index is 12.5. The third-order valence-corrected chi connectivity index (χ3v) is 5.95. The number of carbonyl (C=O) groups excluding carboxylic acids is 2. The van der Waals surface area contributed by atoms with Crippen LogP contribution in [0.15, 0.2) is 131 Å². The molecule has 0 aliphatic carbocycles. The van der Waals surface area contributed by atoms with Crippen molar-refractivity contribution in [3.63, 3.8) is 0 Å². The maximum atomic E-state index is 12.5. The average Bonchev–Trinajstić information content (AvgIpc) is 3.16. The second kappa shape index (κ2) is 30.9. The Morgan fingerprint density at radius 2 is 0.893 bits per heavy atom. The van der Waals surface area contributed by atoms with E-state index in [1.165, 1.54) is 12.4 Å². The zero-order valence-corrected chi connectivity index (χ0v) is 31.4. The molecule has 302 valence electrons.